The van der Waals surface area contributed by atoms with Crippen molar-refractivity contribution in [3.8, 4) is 0 Å². The summed E-state index contributed by atoms with van der Waals surface area (Å²) in [7, 11) is 0. The molecule has 0 aliphatic rings. The van der Waals surface area contributed by atoms with Gasteiger partial charge in [-0.05, 0) is 16.7 Å². The van der Waals surface area contributed by atoms with Crippen molar-refractivity contribution in [3.63, 3.8) is 0 Å². The SMILES string of the molecule is O=C(Cc1ccccc1)C(=O)C(c1ccccc1)c1ccccc1. The van der Waals surface area contributed by atoms with Crippen LogP contribution >= 0.6 is 0 Å². The Bertz CT molecular complexity index is 769. The highest BCUT2D eigenvalue weighted by atomic mass is 16.2. The molecule has 0 fully saturated rings. The molecule has 0 aromatic heterocycles. The third-order valence-electron chi connectivity index (χ3n) is 4.01. The second kappa shape index (κ2) is 7.51. The average Bonchev–Trinajstić information content (AvgIpc) is 2.64. The zero-order chi connectivity index (χ0) is 16.8. The first-order valence-electron chi connectivity index (χ1n) is 7.96. The van der Waals surface area contributed by atoms with E-state index >= 15 is 0 Å². The zero-order valence-electron chi connectivity index (χ0n) is 13.3. The molecule has 0 aliphatic heterocycles. The van der Waals surface area contributed by atoms with Gasteiger partial charge in [0.1, 0.15) is 0 Å². The molecule has 0 radical (unpaired) electrons. The number of ketones is 2. The normalized spacial score (nSPS) is 10.5. The van der Waals surface area contributed by atoms with Crippen molar-refractivity contribution in [2.24, 2.45) is 0 Å². The first-order chi connectivity index (χ1) is 11.8. The van der Waals surface area contributed by atoms with E-state index in [1.807, 2.05) is 91.0 Å². The van der Waals surface area contributed by atoms with Crippen LogP contribution in [0.4, 0.5) is 0 Å². The highest BCUT2D eigenvalue weighted by Gasteiger charge is 2.27. The molecule has 0 N–H and O–H groups in total. The van der Waals surface area contributed by atoms with E-state index in [-0.39, 0.29) is 18.0 Å². The molecule has 0 heterocycles. The Morgan fingerprint density at radius 2 is 1.04 bits per heavy atom. The van der Waals surface area contributed by atoms with Gasteiger partial charge in [-0.25, -0.2) is 0 Å². The molecular formula is C22H18O2. The fourth-order valence-electron chi connectivity index (χ4n) is 2.82. The Morgan fingerprint density at radius 1 is 0.625 bits per heavy atom. The minimum atomic E-state index is -0.552. The monoisotopic (exact) mass is 314 g/mol. The number of carbonyl (C=O) groups excluding carboxylic acids is 2. The smallest absolute Gasteiger partial charge is 0.210 e. The van der Waals surface area contributed by atoms with Crippen molar-refractivity contribution >= 4 is 11.6 Å². The molecule has 0 spiro atoms. The molecule has 24 heavy (non-hydrogen) atoms. The molecule has 3 rings (SSSR count). The van der Waals surface area contributed by atoms with E-state index in [1.54, 1.807) is 0 Å². The van der Waals surface area contributed by atoms with E-state index in [0.29, 0.717) is 0 Å². The number of hydrogen-bond acceptors (Lipinski definition) is 2. The quantitative estimate of drug-likeness (QED) is 0.639. The van der Waals surface area contributed by atoms with Gasteiger partial charge in [0.25, 0.3) is 0 Å². The van der Waals surface area contributed by atoms with Crippen LogP contribution < -0.4 is 0 Å². The molecule has 2 heteroatoms. The molecule has 0 saturated heterocycles. The maximum absolute atomic E-state index is 12.9. The van der Waals surface area contributed by atoms with E-state index in [9.17, 15) is 9.59 Å². The first kappa shape index (κ1) is 15.9. The molecule has 3 aromatic carbocycles. The minimum Gasteiger partial charge on any atom is -0.290 e. The van der Waals surface area contributed by atoms with Gasteiger partial charge in [-0.1, -0.05) is 91.0 Å². The Kier molecular flexibility index (Phi) is 4.97. The molecule has 3 aromatic rings. The molecule has 118 valence electrons. The van der Waals surface area contributed by atoms with Crippen LogP contribution in [0.5, 0.6) is 0 Å². The summed E-state index contributed by atoms with van der Waals surface area (Å²) in [6.07, 6.45) is 0.135. The molecule has 0 amide bonds. The third kappa shape index (κ3) is 3.66. The van der Waals surface area contributed by atoms with Crippen LogP contribution in [-0.4, -0.2) is 11.6 Å². The van der Waals surface area contributed by atoms with Crippen LogP contribution in [0, 0.1) is 0 Å². The lowest BCUT2D eigenvalue weighted by atomic mass is 9.85. The van der Waals surface area contributed by atoms with Crippen molar-refractivity contribution < 1.29 is 9.59 Å². The second-order valence-electron chi connectivity index (χ2n) is 5.70. The number of carbonyl (C=O) groups is 2. The highest BCUT2D eigenvalue weighted by Crippen LogP contribution is 2.26. The van der Waals surface area contributed by atoms with Crippen LogP contribution in [0.1, 0.15) is 22.6 Å². The maximum Gasteiger partial charge on any atom is 0.210 e. The lowest BCUT2D eigenvalue weighted by Crippen LogP contribution is -2.24. The van der Waals surface area contributed by atoms with Crippen LogP contribution in [0.25, 0.3) is 0 Å². The van der Waals surface area contributed by atoms with Gasteiger partial charge < -0.3 is 0 Å². The van der Waals surface area contributed by atoms with Crippen molar-refractivity contribution in [1.29, 1.82) is 0 Å². The van der Waals surface area contributed by atoms with Gasteiger partial charge in [0.15, 0.2) is 0 Å². The standard InChI is InChI=1S/C22H18O2/c23-20(16-17-10-4-1-5-11-17)22(24)21(18-12-6-2-7-13-18)19-14-8-3-9-15-19/h1-15,21H,16H2. The number of hydrogen-bond donors (Lipinski definition) is 0. The molecule has 0 bridgehead atoms. The fourth-order valence-corrected chi connectivity index (χ4v) is 2.82. The van der Waals surface area contributed by atoms with Crippen LogP contribution in [0.2, 0.25) is 0 Å². The van der Waals surface area contributed by atoms with Gasteiger partial charge >= 0.3 is 0 Å². The van der Waals surface area contributed by atoms with E-state index in [2.05, 4.69) is 0 Å². The number of rotatable bonds is 6. The fraction of sp³-hybridized carbons (Fsp3) is 0.0909. The summed E-state index contributed by atoms with van der Waals surface area (Å²) in [5, 5.41) is 0. The topological polar surface area (TPSA) is 34.1 Å². The summed E-state index contributed by atoms with van der Waals surface area (Å²) in [6.45, 7) is 0. The highest BCUT2D eigenvalue weighted by molar-refractivity contribution is 6.40. The van der Waals surface area contributed by atoms with Gasteiger partial charge in [0.05, 0.1) is 5.92 Å². The number of benzene rings is 3. The van der Waals surface area contributed by atoms with Crippen LogP contribution in [0.3, 0.4) is 0 Å². The molecule has 0 unspecified atom stereocenters. The Morgan fingerprint density at radius 3 is 1.50 bits per heavy atom. The summed E-state index contributed by atoms with van der Waals surface area (Å²) in [4.78, 5) is 25.4. The molecule has 0 saturated carbocycles. The first-order valence-corrected chi connectivity index (χ1v) is 7.96. The van der Waals surface area contributed by atoms with E-state index < -0.39 is 5.92 Å². The predicted octanol–water partition coefficient (Wildman–Crippen LogP) is 4.20. The number of Topliss-reactive ketones (excluding diaryl/α,β-unsaturated/α-hetero) is 2. The van der Waals surface area contributed by atoms with Crippen LogP contribution in [-0.2, 0) is 16.0 Å². The van der Waals surface area contributed by atoms with E-state index in [4.69, 9.17) is 0 Å². The lowest BCUT2D eigenvalue weighted by Gasteiger charge is -2.16. The molecule has 2 nitrogen and oxygen atoms in total. The van der Waals surface area contributed by atoms with Gasteiger partial charge in [0.2, 0.25) is 11.6 Å². The Labute approximate surface area is 141 Å². The predicted molar refractivity (Wildman–Crippen MR) is 94.9 cm³/mol. The Balaban J connectivity index is 1.91. The van der Waals surface area contributed by atoms with Crippen molar-refractivity contribution in [3.05, 3.63) is 108 Å². The summed E-state index contributed by atoms with van der Waals surface area (Å²) in [6, 6.07) is 28.3. The van der Waals surface area contributed by atoms with Gasteiger partial charge in [-0.2, -0.15) is 0 Å². The second-order valence-corrected chi connectivity index (χ2v) is 5.70. The van der Waals surface area contributed by atoms with E-state index in [0.717, 1.165) is 16.7 Å². The van der Waals surface area contributed by atoms with Gasteiger partial charge in [-0.15, -0.1) is 0 Å². The third-order valence-corrected chi connectivity index (χ3v) is 4.01. The summed E-state index contributed by atoms with van der Waals surface area (Å²) >= 11 is 0. The van der Waals surface area contributed by atoms with E-state index in [1.165, 1.54) is 0 Å². The van der Waals surface area contributed by atoms with Crippen molar-refractivity contribution in [2.75, 3.05) is 0 Å². The summed E-state index contributed by atoms with van der Waals surface area (Å²) in [5.41, 5.74) is 2.54. The Hall–Kier alpha value is -3.00. The largest absolute Gasteiger partial charge is 0.290 e. The van der Waals surface area contributed by atoms with Gasteiger partial charge in [-0.3, -0.25) is 9.59 Å². The van der Waals surface area contributed by atoms with Crippen LogP contribution in [0.15, 0.2) is 91.0 Å². The zero-order valence-corrected chi connectivity index (χ0v) is 13.3. The summed E-state index contributed by atoms with van der Waals surface area (Å²) < 4.78 is 0. The average molecular weight is 314 g/mol. The minimum absolute atomic E-state index is 0.135. The van der Waals surface area contributed by atoms with Crippen molar-refractivity contribution in [2.45, 2.75) is 12.3 Å². The maximum atomic E-state index is 12.9. The lowest BCUT2D eigenvalue weighted by molar-refractivity contribution is -0.136. The molecule has 0 atom stereocenters. The summed E-state index contributed by atoms with van der Waals surface area (Å²) in [5.74, 6) is -1.28. The molecule has 0 aliphatic carbocycles. The van der Waals surface area contributed by atoms with Gasteiger partial charge in [0, 0.05) is 6.42 Å². The van der Waals surface area contributed by atoms with Crippen molar-refractivity contribution in [1.82, 2.24) is 0 Å². The molecular weight excluding hydrogens is 296 g/mol.